The van der Waals surface area contributed by atoms with Gasteiger partial charge in [0.2, 0.25) is 0 Å². The molecule has 2 aromatic heterocycles. The van der Waals surface area contributed by atoms with Crippen molar-refractivity contribution in [3.63, 3.8) is 0 Å². The Balaban J connectivity index is 1.57. The zero-order chi connectivity index (χ0) is 16.4. The second kappa shape index (κ2) is 6.33. The lowest BCUT2D eigenvalue weighted by Gasteiger charge is -2.42. The second-order valence-corrected chi connectivity index (χ2v) is 5.71. The average Bonchev–Trinajstić information content (AvgIpc) is 2.92. The van der Waals surface area contributed by atoms with Crippen LogP contribution in [-0.4, -0.2) is 61.9 Å². The summed E-state index contributed by atoms with van der Waals surface area (Å²) in [6, 6.07) is 3.84. The lowest BCUT2D eigenvalue weighted by Crippen LogP contribution is -2.54. The van der Waals surface area contributed by atoms with Crippen molar-refractivity contribution >= 4 is 17.4 Å². The molecule has 23 heavy (non-hydrogen) atoms. The zero-order valence-electron chi connectivity index (χ0n) is 12.8. The van der Waals surface area contributed by atoms with E-state index >= 15 is 0 Å². The highest BCUT2D eigenvalue weighted by molar-refractivity contribution is 6.00. The molecule has 1 saturated carbocycles. The van der Waals surface area contributed by atoms with Crippen LogP contribution in [0.25, 0.3) is 5.52 Å². The Hall–Kier alpha value is -2.48. The summed E-state index contributed by atoms with van der Waals surface area (Å²) in [5.74, 6) is -0.990. The molecule has 0 radical (unpaired) electrons. The van der Waals surface area contributed by atoms with Crippen molar-refractivity contribution in [2.75, 3.05) is 13.1 Å². The smallest absolute Gasteiger partial charge is 0.317 e. The van der Waals surface area contributed by atoms with E-state index in [0.29, 0.717) is 17.6 Å². The van der Waals surface area contributed by atoms with Gasteiger partial charge in [-0.2, -0.15) is 14.8 Å². The molecule has 1 aliphatic rings. The Morgan fingerprint density at radius 3 is 2.91 bits per heavy atom. The molecule has 0 bridgehead atoms. The molecular weight excluding hydrogens is 298 g/mol. The van der Waals surface area contributed by atoms with Crippen LogP contribution in [0.15, 0.2) is 24.5 Å². The van der Waals surface area contributed by atoms with Gasteiger partial charge in [0.25, 0.3) is 5.91 Å². The molecule has 0 aromatic carbocycles. The maximum absolute atomic E-state index is 12.3. The number of hydrogen-bond donors (Lipinski definition) is 2. The molecule has 1 aliphatic carbocycles. The number of carboxylic acids is 1. The van der Waals surface area contributed by atoms with Gasteiger partial charge in [0.05, 0.1) is 18.3 Å². The van der Waals surface area contributed by atoms with Gasteiger partial charge >= 0.3 is 5.97 Å². The molecule has 0 aliphatic heterocycles. The number of nitrogens with one attached hydrogen (secondary N) is 1. The molecule has 0 unspecified atom stereocenters. The van der Waals surface area contributed by atoms with Gasteiger partial charge in [-0.3, -0.25) is 14.5 Å². The first kappa shape index (κ1) is 15.4. The van der Waals surface area contributed by atoms with Crippen LogP contribution in [-0.2, 0) is 4.79 Å². The largest absolute Gasteiger partial charge is 0.480 e. The van der Waals surface area contributed by atoms with Gasteiger partial charge in [-0.1, -0.05) is 6.92 Å². The van der Waals surface area contributed by atoms with E-state index in [1.807, 2.05) is 11.8 Å². The topological polar surface area (TPSA) is 99.8 Å². The van der Waals surface area contributed by atoms with Gasteiger partial charge in [-0.15, -0.1) is 0 Å². The number of carbonyl (C=O) groups is 2. The second-order valence-electron chi connectivity index (χ2n) is 5.71. The minimum absolute atomic E-state index is 0.0432. The fourth-order valence-electron chi connectivity index (χ4n) is 2.95. The first-order chi connectivity index (χ1) is 11.1. The number of fused-ring (bicyclic) bond motifs is 1. The summed E-state index contributed by atoms with van der Waals surface area (Å²) in [5.41, 5.74) is 1.17. The van der Waals surface area contributed by atoms with Gasteiger partial charge in [0, 0.05) is 18.3 Å². The molecule has 2 N–H and O–H groups in total. The molecule has 8 heteroatoms. The third-order valence-corrected chi connectivity index (χ3v) is 4.26. The van der Waals surface area contributed by atoms with Crippen molar-refractivity contribution in [1.29, 1.82) is 0 Å². The van der Waals surface area contributed by atoms with Crippen molar-refractivity contribution in [3.8, 4) is 0 Å². The quantitative estimate of drug-likeness (QED) is 0.800. The molecule has 1 fully saturated rings. The molecular formula is C15H19N5O3. The molecule has 8 nitrogen and oxygen atoms in total. The van der Waals surface area contributed by atoms with Crippen LogP contribution >= 0.6 is 0 Å². The summed E-state index contributed by atoms with van der Waals surface area (Å²) in [6.07, 6.45) is 4.66. The molecule has 0 atom stereocenters. The van der Waals surface area contributed by atoms with Crippen LogP contribution in [0.5, 0.6) is 0 Å². The summed E-state index contributed by atoms with van der Waals surface area (Å²) in [4.78, 5) is 25.1. The zero-order valence-corrected chi connectivity index (χ0v) is 12.8. The number of carboxylic acid groups (broad SMARTS) is 1. The number of nitrogens with zero attached hydrogens (tertiary/aromatic N) is 4. The highest BCUT2D eigenvalue weighted by atomic mass is 16.4. The van der Waals surface area contributed by atoms with Crippen molar-refractivity contribution in [1.82, 2.24) is 25.0 Å². The normalized spacial score (nSPS) is 20.4. The van der Waals surface area contributed by atoms with E-state index in [0.717, 1.165) is 12.8 Å². The summed E-state index contributed by atoms with van der Waals surface area (Å²) in [6.45, 7) is 2.68. The minimum atomic E-state index is -0.821. The summed E-state index contributed by atoms with van der Waals surface area (Å²) >= 11 is 0. The van der Waals surface area contributed by atoms with Gasteiger partial charge < -0.3 is 10.4 Å². The Bertz CT molecular complexity index is 723. The van der Waals surface area contributed by atoms with Gasteiger partial charge in [-0.25, -0.2) is 0 Å². The van der Waals surface area contributed by atoms with E-state index in [1.54, 1.807) is 18.3 Å². The van der Waals surface area contributed by atoms with E-state index in [9.17, 15) is 9.59 Å². The van der Waals surface area contributed by atoms with Crippen molar-refractivity contribution in [3.05, 3.63) is 30.1 Å². The van der Waals surface area contributed by atoms with Crippen molar-refractivity contribution in [2.45, 2.75) is 31.8 Å². The van der Waals surface area contributed by atoms with Crippen LogP contribution < -0.4 is 5.32 Å². The standard InChI is InChI=1S/C15H19N5O3/c1-2-19(9-14(21)22)11-6-10(7-11)18-15(23)12-8-17-20-13(12)4-3-5-16-20/h3-5,8,10-11H,2,6-7,9H2,1H3,(H,18,23)(H,21,22). The lowest BCUT2D eigenvalue weighted by atomic mass is 9.85. The minimum Gasteiger partial charge on any atom is -0.480 e. The highest BCUT2D eigenvalue weighted by Crippen LogP contribution is 2.26. The number of aliphatic carboxylic acids is 1. The lowest BCUT2D eigenvalue weighted by molar-refractivity contribution is -0.139. The SMILES string of the molecule is CCN(CC(=O)O)C1CC(NC(=O)c2cnn3ncccc23)C1. The Morgan fingerprint density at radius 2 is 2.22 bits per heavy atom. The predicted molar refractivity (Wildman–Crippen MR) is 82.1 cm³/mol. The van der Waals surface area contributed by atoms with Crippen LogP contribution in [0.1, 0.15) is 30.1 Å². The molecule has 2 aromatic rings. The molecule has 3 rings (SSSR count). The van der Waals surface area contributed by atoms with E-state index in [1.165, 1.54) is 10.8 Å². The van der Waals surface area contributed by atoms with Crippen molar-refractivity contribution < 1.29 is 14.7 Å². The summed E-state index contributed by atoms with van der Waals surface area (Å²) in [5, 5.41) is 20.0. The van der Waals surface area contributed by atoms with Crippen LogP contribution in [0.4, 0.5) is 0 Å². The molecule has 122 valence electrons. The van der Waals surface area contributed by atoms with Gasteiger partial charge in [-0.05, 0) is 31.5 Å². The van der Waals surface area contributed by atoms with Gasteiger partial charge in [0.1, 0.15) is 5.52 Å². The highest BCUT2D eigenvalue weighted by Gasteiger charge is 2.35. The summed E-state index contributed by atoms with van der Waals surface area (Å²) in [7, 11) is 0. The van der Waals surface area contributed by atoms with Crippen molar-refractivity contribution in [2.24, 2.45) is 0 Å². The Kier molecular flexibility index (Phi) is 4.24. The Labute approximate surface area is 133 Å². The average molecular weight is 317 g/mol. The summed E-state index contributed by atoms with van der Waals surface area (Å²) < 4.78 is 1.42. The number of hydrogen-bond acceptors (Lipinski definition) is 5. The van der Waals surface area contributed by atoms with Gasteiger partial charge in [0.15, 0.2) is 0 Å². The number of likely N-dealkylation sites (N-methyl/N-ethyl adjacent to an activating group) is 1. The number of amides is 1. The van der Waals surface area contributed by atoms with Crippen LogP contribution in [0, 0.1) is 0 Å². The van der Waals surface area contributed by atoms with Crippen LogP contribution in [0.2, 0.25) is 0 Å². The fraction of sp³-hybridized carbons (Fsp3) is 0.467. The van der Waals surface area contributed by atoms with E-state index in [4.69, 9.17) is 5.11 Å². The third-order valence-electron chi connectivity index (χ3n) is 4.26. The molecule has 0 spiro atoms. The van der Waals surface area contributed by atoms with E-state index < -0.39 is 5.97 Å². The monoisotopic (exact) mass is 317 g/mol. The first-order valence-corrected chi connectivity index (χ1v) is 7.64. The fourth-order valence-corrected chi connectivity index (χ4v) is 2.95. The van der Waals surface area contributed by atoms with E-state index in [-0.39, 0.29) is 24.5 Å². The maximum Gasteiger partial charge on any atom is 0.317 e. The molecule has 0 saturated heterocycles. The van der Waals surface area contributed by atoms with E-state index in [2.05, 4.69) is 15.5 Å². The third kappa shape index (κ3) is 3.16. The maximum atomic E-state index is 12.3. The number of carbonyl (C=O) groups excluding carboxylic acids is 1. The molecule has 2 heterocycles. The van der Waals surface area contributed by atoms with Crippen LogP contribution in [0.3, 0.4) is 0 Å². The molecule has 1 amide bonds. The first-order valence-electron chi connectivity index (χ1n) is 7.64. The Morgan fingerprint density at radius 1 is 1.43 bits per heavy atom. The predicted octanol–water partition coefficient (Wildman–Crippen LogP) is 0.397. The number of aromatic nitrogens is 3. The number of rotatable bonds is 6.